The van der Waals surface area contributed by atoms with E-state index in [1.807, 2.05) is 30.3 Å². The number of para-hydroxylation sites is 1. The average Bonchev–Trinajstić information content (AvgIpc) is 3.21. The first kappa shape index (κ1) is 17.9. The Morgan fingerprint density at radius 3 is 2.69 bits per heavy atom. The van der Waals surface area contributed by atoms with Crippen LogP contribution in [0.2, 0.25) is 0 Å². The molecule has 6 heteroatoms. The van der Waals surface area contributed by atoms with E-state index in [2.05, 4.69) is 44.7 Å². The summed E-state index contributed by atoms with van der Waals surface area (Å²) in [5, 5.41) is 10.5. The lowest BCUT2D eigenvalue weighted by Gasteiger charge is -2.32. The second kappa shape index (κ2) is 7.72. The van der Waals surface area contributed by atoms with E-state index in [0.29, 0.717) is 12.3 Å². The number of carbonyl (C=O) groups excluding carboxylic acids is 1. The first-order valence-electron chi connectivity index (χ1n) is 10.1. The van der Waals surface area contributed by atoms with Crippen molar-refractivity contribution in [3.8, 4) is 17.0 Å². The van der Waals surface area contributed by atoms with Gasteiger partial charge in [0.1, 0.15) is 23.7 Å². The Balaban J connectivity index is 1.21. The zero-order valence-electron chi connectivity index (χ0n) is 16.2. The minimum atomic E-state index is -0.0942. The Morgan fingerprint density at radius 1 is 1.10 bits per heavy atom. The van der Waals surface area contributed by atoms with Crippen LogP contribution in [0.5, 0.6) is 5.75 Å². The first-order valence-corrected chi connectivity index (χ1v) is 10.1. The maximum absolute atomic E-state index is 12.9. The molecule has 2 N–H and O–H groups in total. The largest absolute Gasteiger partial charge is 0.488 e. The number of carbonyl (C=O) groups is 1. The molecule has 1 aromatic heterocycles. The number of aromatic amines is 1. The van der Waals surface area contributed by atoms with Crippen LogP contribution >= 0.6 is 0 Å². The molecule has 0 saturated carbocycles. The molecule has 148 valence electrons. The Kier molecular flexibility index (Phi) is 4.77. The van der Waals surface area contributed by atoms with Crippen LogP contribution in [0.4, 0.5) is 0 Å². The molecule has 0 aliphatic carbocycles. The molecular formula is C23H24N4O2. The standard InChI is InChI=1S/C23H24N4O2/c28-23(22-19-15-29-20-9-5-4-8-18(20)21(19)25-26-22)24-17-10-12-27(13-11-17)14-16-6-2-1-3-7-16/h1-9,17H,10-15H2,(H,24,28)(H,25,26). The van der Waals surface area contributed by atoms with Gasteiger partial charge in [0.05, 0.1) is 0 Å². The molecular weight excluding hydrogens is 364 g/mol. The van der Waals surface area contributed by atoms with Gasteiger partial charge in [-0.25, -0.2) is 0 Å². The molecule has 6 nitrogen and oxygen atoms in total. The molecule has 3 heterocycles. The summed E-state index contributed by atoms with van der Waals surface area (Å²) in [7, 11) is 0. The zero-order valence-corrected chi connectivity index (χ0v) is 16.2. The highest BCUT2D eigenvalue weighted by Crippen LogP contribution is 2.36. The fourth-order valence-electron chi connectivity index (χ4n) is 4.19. The van der Waals surface area contributed by atoms with E-state index in [1.54, 1.807) is 0 Å². The van der Waals surface area contributed by atoms with Gasteiger partial charge in [0.2, 0.25) is 0 Å². The molecule has 0 radical (unpaired) electrons. The molecule has 2 aliphatic heterocycles. The molecule has 5 rings (SSSR count). The number of amides is 1. The summed E-state index contributed by atoms with van der Waals surface area (Å²) >= 11 is 0. The Bertz CT molecular complexity index is 1010. The van der Waals surface area contributed by atoms with Crippen LogP contribution in [0.1, 0.15) is 34.5 Å². The smallest absolute Gasteiger partial charge is 0.269 e. The van der Waals surface area contributed by atoms with Crippen molar-refractivity contribution in [1.82, 2.24) is 20.4 Å². The third-order valence-electron chi connectivity index (χ3n) is 5.78. The number of piperidine rings is 1. The van der Waals surface area contributed by atoms with Crippen LogP contribution in [0.15, 0.2) is 54.6 Å². The van der Waals surface area contributed by atoms with Crippen LogP contribution < -0.4 is 10.1 Å². The van der Waals surface area contributed by atoms with E-state index in [0.717, 1.165) is 55.0 Å². The third kappa shape index (κ3) is 3.63. The summed E-state index contributed by atoms with van der Waals surface area (Å²) in [6.07, 6.45) is 1.91. The van der Waals surface area contributed by atoms with Gasteiger partial charge in [-0.15, -0.1) is 0 Å². The summed E-state index contributed by atoms with van der Waals surface area (Å²) < 4.78 is 5.81. The van der Waals surface area contributed by atoms with Gasteiger partial charge >= 0.3 is 0 Å². The van der Waals surface area contributed by atoms with Gasteiger partial charge < -0.3 is 10.1 Å². The second-order valence-electron chi connectivity index (χ2n) is 7.72. The molecule has 0 bridgehead atoms. The number of hydrogen-bond donors (Lipinski definition) is 2. The summed E-state index contributed by atoms with van der Waals surface area (Å²) in [6, 6.07) is 18.5. The zero-order chi connectivity index (χ0) is 19.6. The number of H-pyrrole nitrogens is 1. The van der Waals surface area contributed by atoms with Crippen molar-refractivity contribution in [2.45, 2.75) is 32.0 Å². The predicted molar refractivity (Wildman–Crippen MR) is 111 cm³/mol. The highest BCUT2D eigenvalue weighted by molar-refractivity contribution is 5.96. The number of aromatic nitrogens is 2. The van der Waals surface area contributed by atoms with Crippen molar-refractivity contribution in [2.75, 3.05) is 13.1 Å². The van der Waals surface area contributed by atoms with Crippen molar-refractivity contribution in [1.29, 1.82) is 0 Å². The van der Waals surface area contributed by atoms with Crippen LogP contribution in [-0.4, -0.2) is 40.1 Å². The van der Waals surface area contributed by atoms with Crippen molar-refractivity contribution < 1.29 is 9.53 Å². The van der Waals surface area contributed by atoms with E-state index < -0.39 is 0 Å². The number of hydrogen-bond acceptors (Lipinski definition) is 4. The second-order valence-corrected chi connectivity index (χ2v) is 7.72. The average molecular weight is 388 g/mol. The molecule has 0 spiro atoms. The molecule has 0 atom stereocenters. The molecule has 29 heavy (non-hydrogen) atoms. The van der Waals surface area contributed by atoms with Gasteiger partial charge in [-0.05, 0) is 30.5 Å². The third-order valence-corrected chi connectivity index (χ3v) is 5.78. The highest BCUT2D eigenvalue weighted by Gasteiger charge is 2.28. The fourth-order valence-corrected chi connectivity index (χ4v) is 4.19. The van der Waals surface area contributed by atoms with E-state index in [9.17, 15) is 4.79 Å². The normalized spacial score (nSPS) is 16.6. The van der Waals surface area contributed by atoms with Gasteiger partial charge in [-0.3, -0.25) is 14.8 Å². The molecule has 2 aromatic carbocycles. The van der Waals surface area contributed by atoms with Gasteiger partial charge in [-0.1, -0.05) is 42.5 Å². The van der Waals surface area contributed by atoms with Crippen LogP contribution in [0.3, 0.4) is 0 Å². The van der Waals surface area contributed by atoms with Crippen molar-refractivity contribution in [3.05, 3.63) is 71.4 Å². The molecule has 2 aliphatic rings. The maximum atomic E-state index is 12.9. The first-order chi connectivity index (χ1) is 14.3. The number of ether oxygens (including phenoxy) is 1. The summed E-state index contributed by atoms with van der Waals surface area (Å²) in [5.41, 5.74) is 4.43. The SMILES string of the molecule is O=C(NC1CCN(Cc2ccccc2)CC1)c1[nH]nc2c1COc1ccccc1-2. The van der Waals surface area contributed by atoms with E-state index in [-0.39, 0.29) is 11.9 Å². The number of fused-ring (bicyclic) bond motifs is 3. The lowest BCUT2D eigenvalue weighted by molar-refractivity contribution is 0.0901. The maximum Gasteiger partial charge on any atom is 0.269 e. The van der Waals surface area contributed by atoms with Crippen LogP contribution in [-0.2, 0) is 13.2 Å². The van der Waals surface area contributed by atoms with Crippen molar-refractivity contribution in [3.63, 3.8) is 0 Å². The Hall–Kier alpha value is -3.12. The molecule has 1 saturated heterocycles. The van der Waals surface area contributed by atoms with E-state index >= 15 is 0 Å². The molecule has 1 amide bonds. The number of rotatable bonds is 4. The summed E-state index contributed by atoms with van der Waals surface area (Å²) in [6.45, 7) is 3.29. The van der Waals surface area contributed by atoms with Gasteiger partial charge in [0.15, 0.2) is 0 Å². The van der Waals surface area contributed by atoms with Crippen molar-refractivity contribution >= 4 is 5.91 Å². The van der Waals surface area contributed by atoms with Crippen molar-refractivity contribution in [2.24, 2.45) is 0 Å². The molecule has 0 unspecified atom stereocenters. The molecule has 3 aromatic rings. The predicted octanol–water partition coefficient (Wildman–Crippen LogP) is 3.36. The van der Waals surface area contributed by atoms with E-state index in [4.69, 9.17) is 4.74 Å². The van der Waals surface area contributed by atoms with Gasteiger partial charge in [0, 0.05) is 36.8 Å². The minimum absolute atomic E-state index is 0.0942. The Morgan fingerprint density at radius 2 is 1.86 bits per heavy atom. The summed E-state index contributed by atoms with van der Waals surface area (Å²) in [5.74, 6) is 0.715. The van der Waals surface area contributed by atoms with E-state index in [1.165, 1.54) is 5.56 Å². The molecule has 1 fully saturated rings. The van der Waals surface area contributed by atoms with Crippen LogP contribution in [0, 0.1) is 0 Å². The number of nitrogens with zero attached hydrogens (tertiary/aromatic N) is 2. The minimum Gasteiger partial charge on any atom is -0.488 e. The topological polar surface area (TPSA) is 70.2 Å². The van der Waals surface area contributed by atoms with Gasteiger partial charge in [0.25, 0.3) is 5.91 Å². The fraction of sp³-hybridized carbons (Fsp3) is 0.304. The lowest BCUT2D eigenvalue weighted by Crippen LogP contribution is -2.44. The highest BCUT2D eigenvalue weighted by atomic mass is 16.5. The number of benzene rings is 2. The monoisotopic (exact) mass is 388 g/mol. The number of likely N-dealkylation sites (tertiary alicyclic amines) is 1. The number of nitrogens with one attached hydrogen (secondary N) is 2. The van der Waals surface area contributed by atoms with Gasteiger partial charge in [-0.2, -0.15) is 5.10 Å². The summed E-state index contributed by atoms with van der Waals surface area (Å²) in [4.78, 5) is 15.3. The quantitative estimate of drug-likeness (QED) is 0.719. The Labute approximate surface area is 169 Å². The lowest BCUT2D eigenvalue weighted by atomic mass is 10.0. The van der Waals surface area contributed by atoms with Crippen LogP contribution in [0.25, 0.3) is 11.3 Å².